The molecule has 1 aliphatic heterocycles. The fourth-order valence-corrected chi connectivity index (χ4v) is 0.956. The normalized spacial score (nSPS) is 14.0. The molecule has 0 saturated heterocycles. The zero-order chi connectivity index (χ0) is 7.68. The van der Waals surface area contributed by atoms with E-state index in [4.69, 9.17) is 4.74 Å². The number of hydrogen-bond donors (Lipinski definition) is 0. The van der Waals surface area contributed by atoms with Gasteiger partial charge in [-0.1, -0.05) is 6.58 Å². The molecule has 2 nitrogen and oxygen atoms in total. The third-order valence-electron chi connectivity index (χ3n) is 1.48. The van der Waals surface area contributed by atoms with Crippen LogP contribution in [0.15, 0.2) is 36.7 Å². The van der Waals surface area contributed by atoms with Crippen molar-refractivity contribution in [3.63, 3.8) is 0 Å². The maximum Gasteiger partial charge on any atom is 0.226 e. The van der Waals surface area contributed by atoms with E-state index in [1.165, 1.54) is 0 Å². The lowest BCUT2D eigenvalue weighted by atomic mass is 10.2. The topological polar surface area (TPSA) is 22.1 Å². The van der Waals surface area contributed by atoms with Gasteiger partial charge in [0.1, 0.15) is 5.76 Å². The highest BCUT2D eigenvalue weighted by molar-refractivity contribution is 5.59. The third kappa shape index (κ3) is 1.03. The maximum absolute atomic E-state index is 5.24. The summed E-state index contributed by atoms with van der Waals surface area (Å²) in [6, 6.07) is 3.83. The van der Waals surface area contributed by atoms with Crippen LogP contribution in [0.25, 0.3) is 6.08 Å². The van der Waals surface area contributed by atoms with Gasteiger partial charge in [-0.05, 0) is 24.3 Å². The molecule has 1 aromatic heterocycles. The molecule has 1 aliphatic rings. The van der Waals surface area contributed by atoms with Gasteiger partial charge in [0.2, 0.25) is 5.88 Å². The van der Waals surface area contributed by atoms with Gasteiger partial charge >= 0.3 is 0 Å². The summed E-state index contributed by atoms with van der Waals surface area (Å²) in [6.45, 7) is 3.66. The lowest BCUT2D eigenvalue weighted by Gasteiger charge is -2.10. The summed E-state index contributed by atoms with van der Waals surface area (Å²) in [4.78, 5) is 4.04. The number of ether oxygens (including phenoxy) is 1. The predicted octanol–water partition coefficient (Wildman–Crippen LogP) is 2.00. The lowest BCUT2D eigenvalue weighted by Crippen LogP contribution is -1.98. The second-order valence-electron chi connectivity index (χ2n) is 2.30. The molecule has 0 bridgehead atoms. The minimum absolute atomic E-state index is 0.635. The summed E-state index contributed by atoms with van der Waals surface area (Å²) >= 11 is 0. The largest absolute Gasteiger partial charge is 0.439 e. The second kappa shape index (κ2) is 2.23. The van der Waals surface area contributed by atoms with Crippen molar-refractivity contribution in [2.75, 3.05) is 0 Å². The van der Waals surface area contributed by atoms with Crippen molar-refractivity contribution in [2.24, 2.45) is 0 Å². The van der Waals surface area contributed by atoms with Gasteiger partial charge in [0.05, 0.1) is 0 Å². The van der Waals surface area contributed by atoms with Crippen LogP contribution in [0.2, 0.25) is 0 Å². The fraction of sp³-hybridized carbons (Fsp3) is 0. The summed E-state index contributed by atoms with van der Waals surface area (Å²) in [5.74, 6) is 1.27. The van der Waals surface area contributed by atoms with E-state index in [9.17, 15) is 0 Å². The van der Waals surface area contributed by atoms with Crippen LogP contribution in [-0.4, -0.2) is 4.98 Å². The van der Waals surface area contributed by atoms with Crippen molar-refractivity contribution in [3.05, 3.63) is 42.3 Å². The van der Waals surface area contributed by atoms with Crippen LogP contribution in [0.4, 0.5) is 0 Å². The number of pyridine rings is 1. The van der Waals surface area contributed by atoms with Gasteiger partial charge < -0.3 is 4.74 Å². The number of allylic oxidation sites excluding steroid dienone is 1. The molecule has 1 aromatic rings. The Hall–Kier alpha value is -1.57. The van der Waals surface area contributed by atoms with Gasteiger partial charge in [0.25, 0.3) is 0 Å². The van der Waals surface area contributed by atoms with Crippen LogP contribution < -0.4 is 4.74 Å². The summed E-state index contributed by atoms with van der Waals surface area (Å²) in [6.07, 6.45) is 5.46. The van der Waals surface area contributed by atoms with Crippen LogP contribution in [0.5, 0.6) is 5.88 Å². The number of nitrogens with zero attached hydrogens (tertiary/aromatic N) is 1. The average molecular weight is 145 g/mol. The highest BCUT2D eigenvalue weighted by Gasteiger charge is 2.06. The number of hydrogen-bond acceptors (Lipinski definition) is 2. The second-order valence-corrected chi connectivity index (χ2v) is 2.30. The Morgan fingerprint density at radius 2 is 2.27 bits per heavy atom. The molecular formula is C9H7NO. The third-order valence-corrected chi connectivity index (χ3v) is 1.48. The smallest absolute Gasteiger partial charge is 0.226 e. The molecule has 0 fully saturated rings. The minimum atomic E-state index is 0.635. The molecule has 2 rings (SSSR count). The van der Waals surface area contributed by atoms with E-state index in [0.29, 0.717) is 11.6 Å². The Kier molecular flexibility index (Phi) is 1.25. The molecule has 54 valence electrons. The molecule has 0 atom stereocenters. The molecule has 0 radical (unpaired) electrons. The Labute approximate surface area is 64.8 Å². The highest BCUT2D eigenvalue weighted by Crippen LogP contribution is 2.22. The molecule has 0 N–H and O–H groups in total. The number of fused-ring (bicyclic) bond motifs is 1. The van der Waals surface area contributed by atoms with Crippen molar-refractivity contribution >= 4 is 6.08 Å². The molecule has 2 heterocycles. The summed E-state index contributed by atoms with van der Waals surface area (Å²) in [7, 11) is 0. The quantitative estimate of drug-likeness (QED) is 0.557. The number of rotatable bonds is 0. The van der Waals surface area contributed by atoms with Crippen LogP contribution in [0.3, 0.4) is 0 Å². The zero-order valence-corrected chi connectivity index (χ0v) is 5.95. The first-order valence-corrected chi connectivity index (χ1v) is 3.36. The first-order chi connectivity index (χ1) is 5.36. The van der Waals surface area contributed by atoms with Gasteiger partial charge in [-0.15, -0.1) is 0 Å². The summed E-state index contributed by atoms with van der Waals surface area (Å²) in [5, 5.41) is 0. The molecule has 0 spiro atoms. The van der Waals surface area contributed by atoms with E-state index in [-0.39, 0.29) is 0 Å². The van der Waals surface area contributed by atoms with Crippen LogP contribution in [-0.2, 0) is 0 Å². The standard InChI is InChI=1S/C9H7NO/c1-7-4-5-8-3-2-6-10-9(8)11-7/h2-6H,1H2. The van der Waals surface area contributed by atoms with Crippen LogP contribution in [0.1, 0.15) is 5.56 Å². The molecule has 0 saturated carbocycles. The first-order valence-electron chi connectivity index (χ1n) is 3.36. The molecule has 0 unspecified atom stereocenters. The number of aromatic nitrogens is 1. The van der Waals surface area contributed by atoms with Crippen molar-refractivity contribution in [1.29, 1.82) is 0 Å². The van der Waals surface area contributed by atoms with E-state index < -0.39 is 0 Å². The molecule has 0 aliphatic carbocycles. The lowest BCUT2D eigenvalue weighted by molar-refractivity contribution is 0.424. The first kappa shape index (κ1) is 6.16. The Morgan fingerprint density at radius 3 is 3.18 bits per heavy atom. The van der Waals surface area contributed by atoms with E-state index in [2.05, 4.69) is 11.6 Å². The van der Waals surface area contributed by atoms with Crippen molar-refractivity contribution in [1.82, 2.24) is 4.98 Å². The van der Waals surface area contributed by atoms with E-state index in [0.717, 1.165) is 5.56 Å². The van der Waals surface area contributed by atoms with E-state index in [1.54, 1.807) is 6.20 Å². The van der Waals surface area contributed by atoms with Gasteiger partial charge in [-0.3, -0.25) is 0 Å². The summed E-state index contributed by atoms with van der Waals surface area (Å²) < 4.78 is 5.24. The van der Waals surface area contributed by atoms with Crippen LogP contribution >= 0.6 is 0 Å². The molecular weight excluding hydrogens is 138 g/mol. The highest BCUT2D eigenvalue weighted by atomic mass is 16.5. The minimum Gasteiger partial charge on any atom is -0.439 e. The average Bonchev–Trinajstić information content (AvgIpc) is 2.04. The van der Waals surface area contributed by atoms with Crippen molar-refractivity contribution in [3.8, 4) is 5.88 Å². The SMILES string of the molecule is C=C1C=Cc2cccnc2O1. The predicted molar refractivity (Wildman–Crippen MR) is 43.0 cm³/mol. The monoisotopic (exact) mass is 145 g/mol. The Bertz CT molecular complexity index is 328. The Morgan fingerprint density at radius 1 is 1.36 bits per heavy atom. The zero-order valence-electron chi connectivity index (χ0n) is 5.95. The molecule has 0 amide bonds. The van der Waals surface area contributed by atoms with Gasteiger partial charge in [-0.25, -0.2) is 4.98 Å². The van der Waals surface area contributed by atoms with E-state index >= 15 is 0 Å². The molecule has 2 heteroatoms. The van der Waals surface area contributed by atoms with Crippen molar-refractivity contribution < 1.29 is 4.74 Å². The van der Waals surface area contributed by atoms with Crippen molar-refractivity contribution in [2.45, 2.75) is 0 Å². The maximum atomic E-state index is 5.24. The molecule has 0 aromatic carbocycles. The van der Waals surface area contributed by atoms with Gasteiger partial charge in [-0.2, -0.15) is 0 Å². The van der Waals surface area contributed by atoms with E-state index in [1.807, 2.05) is 24.3 Å². The fourth-order valence-electron chi connectivity index (χ4n) is 0.956. The molecule has 11 heavy (non-hydrogen) atoms. The van der Waals surface area contributed by atoms with Gasteiger partial charge in [0.15, 0.2) is 0 Å². The van der Waals surface area contributed by atoms with Crippen LogP contribution in [0, 0.1) is 0 Å². The Balaban J connectivity index is 2.54. The van der Waals surface area contributed by atoms with Gasteiger partial charge in [0, 0.05) is 11.8 Å². The summed E-state index contributed by atoms with van der Waals surface area (Å²) in [5.41, 5.74) is 1.000.